The first kappa shape index (κ1) is 12.2. The zero-order chi connectivity index (χ0) is 14.1. The van der Waals surface area contributed by atoms with Gasteiger partial charge in [0, 0.05) is 11.8 Å². The fourth-order valence-corrected chi connectivity index (χ4v) is 1.86. The average molecular weight is 272 g/mol. The van der Waals surface area contributed by atoms with E-state index in [0.29, 0.717) is 17.2 Å². The average Bonchev–Trinajstić information content (AvgIpc) is 3.04. The van der Waals surface area contributed by atoms with Crippen molar-refractivity contribution in [1.82, 2.24) is 40.5 Å². The van der Waals surface area contributed by atoms with Crippen LogP contribution in [0.1, 0.15) is 27.7 Å². The molecule has 102 valence electrons. The van der Waals surface area contributed by atoms with Gasteiger partial charge in [-0.25, -0.2) is 9.50 Å². The molecule has 3 aromatic rings. The van der Waals surface area contributed by atoms with Crippen LogP contribution in [0.5, 0.6) is 0 Å². The molecule has 9 heteroatoms. The Labute approximate surface area is 113 Å². The minimum Gasteiger partial charge on any atom is -0.343 e. The van der Waals surface area contributed by atoms with Gasteiger partial charge in [0.2, 0.25) is 0 Å². The molecule has 0 aliphatic rings. The third kappa shape index (κ3) is 2.20. The third-order valence-corrected chi connectivity index (χ3v) is 2.76. The van der Waals surface area contributed by atoms with Crippen molar-refractivity contribution in [2.75, 3.05) is 0 Å². The maximum atomic E-state index is 12.1. The van der Waals surface area contributed by atoms with Gasteiger partial charge in [0.15, 0.2) is 11.5 Å². The van der Waals surface area contributed by atoms with Crippen molar-refractivity contribution in [2.45, 2.75) is 20.4 Å². The second kappa shape index (κ2) is 4.68. The van der Waals surface area contributed by atoms with Crippen LogP contribution >= 0.6 is 0 Å². The van der Waals surface area contributed by atoms with E-state index in [-0.39, 0.29) is 12.5 Å². The van der Waals surface area contributed by atoms with Crippen LogP contribution in [0.15, 0.2) is 12.1 Å². The monoisotopic (exact) mass is 272 g/mol. The number of rotatable bonds is 3. The summed E-state index contributed by atoms with van der Waals surface area (Å²) in [7, 11) is 0. The van der Waals surface area contributed by atoms with Gasteiger partial charge in [-0.15, -0.1) is 10.2 Å². The zero-order valence-electron chi connectivity index (χ0n) is 11.0. The summed E-state index contributed by atoms with van der Waals surface area (Å²) in [5.41, 5.74) is 2.67. The number of hydrogen-bond donors (Lipinski definition) is 2. The van der Waals surface area contributed by atoms with E-state index in [1.807, 2.05) is 19.9 Å². The van der Waals surface area contributed by atoms with E-state index < -0.39 is 0 Å². The Morgan fingerprint density at radius 3 is 3.00 bits per heavy atom. The number of amides is 1. The Morgan fingerprint density at radius 2 is 2.25 bits per heavy atom. The maximum absolute atomic E-state index is 12.1. The van der Waals surface area contributed by atoms with Crippen LogP contribution in [-0.2, 0) is 6.54 Å². The van der Waals surface area contributed by atoms with E-state index in [0.717, 1.165) is 11.4 Å². The highest BCUT2D eigenvalue weighted by Crippen LogP contribution is 2.08. The van der Waals surface area contributed by atoms with Crippen molar-refractivity contribution in [2.24, 2.45) is 0 Å². The van der Waals surface area contributed by atoms with Crippen LogP contribution in [0.2, 0.25) is 0 Å². The van der Waals surface area contributed by atoms with Crippen molar-refractivity contribution in [3.63, 3.8) is 0 Å². The zero-order valence-corrected chi connectivity index (χ0v) is 11.0. The first-order valence-electron chi connectivity index (χ1n) is 5.98. The summed E-state index contributed by atoms with van der Waals surface area (Å²) in [5.74, 6) is 0.121. The number of carbonyl (C=O) groups is 1. The van der Waals surface area contributed by atoms with Gasteiger partial charge in [0.25, 0.3) is 5.91 Å². The number of tetrazole rings is 1. The first-order valence-corrected chi connectivity index (χ1v) is 5.98. The smallest absolute Gasteiger partial charge is 0.270 e. The fourth-order valence-electron chi connectivity index (χ4n) is 1.86. The lowest BCUT2D eigenvalue weighted by molar-refractivity contribution is 0.0945. The summed E-state index contributed by atoms with van der Waals surface area (Å²) in [6.45, 7) is 3.95. The second-order valence-corrected chi connectivity index (χ2v) is 4.35. The summed E-state index contributed by atoms with van der Waals surface area (Å²) in [5, 5.41) is 20.2. The molecule has 3 rings (SSSR count). The molecule has 0 bridgehead atoms. The predicted octanol–water partition coefficient (Wildman–Crippen LogP) is -0.211. The van der Waals surface area contributed by atoms with Gasteiger partial charge in [-0.1, -0.05) is 5.21 Å². The third-order valence-electron chi connectivity index (χ3n) is 2.76. The number of H-pyrrole nitrogens is 1. The molecule has 2 N–H and O–H groups in total. The summed E-state index contributed by atoms with van der Waals surface area (Å²) in [4.78, 5) is 16.3. The largest absolute Gasteiger partial charge is 0.343 e. The first-order chi connectivity index (χ1) is 9.63. The lowest BCUT2D eigenvalue weighted by Gasteiger charge is -2.04. The summed E-state index contributed by atoms with van der Waals surface area (Å²) in [6.07, 6.45) is 0. The van der Waals surface area contributed by atoms with Crippen LogP contribution in [0.4, 0.5) is 0 Å². The van der Waals surface area contributed by atoms with E-state index in [1.165, 1.54) is 0 Å². The topological polar surface area (TPSA) is 114 Å². The molecule has 0 radical (unpaired) electrons. The van der Waals surface area contributed by atoms with Crippen LogP contribution in [-0.4, -0.2) is 41.1 Å². The highest BCUT2D eigenvalue weighted by Gasteiger charge is 2.12. The van der Waals surface area contributed by atoms with Crippen LogP contribution in [0.25, 0.3) is 5.65 Å². The van der Waals surface area contributed by atoms with E-state index in [4.69, 9.17) is 0 Å². The molecule has 3 aromatic heterocycles. The van der Waals surface area contributed by atoms with Gasteiger partial charge < -0.3 is 5.32 Å². The molecule has 1 amide bonds. The van der Waals surface area contributed by atoms with Gasteiger partial charge in [-0.05, 0) is 19.9 Å². The Kier molecular flexibility index (Phi) is 2.86. The van der Waals surface area contributed by atoms with E-state index >= 15 is 0 Å². The van der Waals surface area contributed by atoms with E-state index in [2.05, 4.69) is 36.0 Å². The molecule has 20 heavy (non-hydrogen) atoms. The van der Waals surface area contributed by atoms with Crippen molar-refractivity contribution in [1.29, 1.82) is 0 Å². The standard InChI is InChI=1S/C11H12N8O/c1-6-3-10-13-8(4-7(2)19(10)16-6)11(20)12-5-9-14-17-18-15-9/h3-4H,5H2,1-2H3,(H,12,20)(H,14,15,17,18). The van der Waals surface area contributed by atoms with Crippen LogP contribution in [0, 0.1) is 13.8 Å². The molecule has 9 nitrogen and oxygen atoms in total. The van der Waals surface area contributed by atoms with Gasteiger partial charge in [0.1, 0.15) is 5.69 Å². The highest BCUT2D eigenvalue weighted by atomic mass is 16.1. The van der Waals surface area contributed by atoms with E-state index in [1.54, 1.807) is 10.6 Å². The normalized spacial score (nSPS) is 10.9. The predicted molar refractivity (Wildman–Crippen MR) is 67.8 cm³/mol. The summed E-state index contributed by atoms with van der Waals surface area (Å²) >= 11 is 0. The quantitative estimate of drug-likeness (QED) is 0.682. The maximum Gasteiger partial charge on any atom is 0.270 e. The highest BCUT2D eigenvalue weighted by molar-refractivity contribution is 5.92. The lowest BCUT2D eigenvalue weighted by atomic mass is 10.3. The van der Waals surface area contributed by atoms with Crippen molar-refractivity contribution in [3.05, 3.63) is 35.0 Å². The second-order valence-electron chi connectivity index (χ2n) is 4.35. The number of nitrogens with zero attached hydrogens (tertiary/aromatic N) is 6. The number of hydrogen-bond acceptors (Lipinski definition) is 6. The Hall–Kier alpha value is -2.84. The number of aromatic nitrogens is 7. The SMILES string of the molecule is Cc1cc2nc(C(=O)NCc3nn[nH]n3)cc(C)n2n1. The molecule has 0 aromatic carbocycles. The number of aromatic amines is 1. The van der Waals surface area contributed by atoms with Crippen molar-refractivity contribution < 1.29 is 4.79 Å². The molecule has 0 aliphatic carbocycles. The number of aryl methyl sites for hydroxylation is 2. The van der Waals surface area contributed by atoms with Gasteiger partial charge >= 0.3 is 0 Å². The van der Waals surface area contributed by atoms with Gasteiger partial charge in [-0.3, -0.25) is 4.79 Å². The Morgan fingerprint density at radius 1 is 1.40 bits per heavy atom. The van der Waals surface area contributed by atoms with Crippen LogP contribution < -0.4 is 5.32 Å². The van der Waals surface area contributed by atoms with E-state index in [9.17, 15) is 4.79 Å². The molecule has 3 heterocycles. The molecule has 0 saturated heterocycles. The van der Waals surface area contributed by atoms with Crippen molar-refractivity contribution in [3.8, 4) is 0 Å². The minimum absolute atomic E-state index is 0.194. The van der Waals surface area contributed by atoms with Gasteiger partial charge in [-0.2, -0.15) is 10.3 Å². The summed E-state index contributed by atoms with van der Waals surface area (Å²) < 4.78 is 1.70. The molecule has 0 spiro atoms. The molecule has 0 aliphatic heterocycles. The Balaban J connectivity index is 1.84. The van der Waals surface area contributed by atoms with Crippen molar-refractivity contribution >= 4 is 11.6 Å². The minimum atomic E-state index is -0.292. The fraction of sp³-hybridized carbons (Fsp3) is 0.273. The number of carbonyl (C=O) groups excluding carboxylic acids is 1. The number of nitrogens with one attached hydrogen (secondary N) is 2. The molecular weight excluding hydrogens is 260 g/mol. The molecule has 0 unspecified atom stereocenters. The number of fused-ring (bicyclic) bond motifs is 1. The van der Waals surface area contributed by atoms with Crippen LogP contribution in [0.3, 0.4) is 0 Å². The molecule has 0 fully saturated rings. The molecular formula is C11H12N8O. The molecule has 0 saturated carbocycles. The molecule has 0 atom stereocenters. The van der Waals surface area contributed by atoms with Gasteiger partial charge in [0.05, 0.1) is 12.2 Å². The lowest BCUT2D eigenvalue weighted by Crippen LogP contribution is -2.25. The summed E-state index contributed by atoms with van der Waals surface area (Å²) in [6, 6.07) is 3.51. The Bertz CT molecular complexity index is 760.